The van der Waals surface area contributed by atoms with E-state index in [9.17, 15) is 4.79 Å². The molecule has 1 aliphatic carbocycles. The van der Waals surface area contributed by atoms with Crippen molar-refractivity contribution in [2.24, 2.45) is 0 Å². The second kappa shape index (κ2) is 5.80. The van der Waals surface area contributed by atoms with Crippen molar-refractivity contribution in [1.82, 2.24) is 4.90 Å². The molecular weight excluding hydrogens is 266 g/mol. The van der Waals surface area contributed by atoms with Crippen LogP contribution in [0.25, 0.3) is 0 Å². The maximum absolute atomic E-state index is 12.5. The van der Waals surface area contributed by atoms with E-state index in [1.54, 1.807) is 11.3 Å². The van der Waals surface area contributed by atoms with Crippen LogP contribution in [0.2, 0.25) is 0 Å². The van der Waals surface area contributed by atoms with E-state index in [1.165, 1.54) is 10.4 Å². The standard InChI is InChI=1S/C17H19NOS/c1-13-4-6-14(7-5-13)11-17(19)18(15-8-9-15)12-16-3-2-10-20-16/h2-7,10,15H,8-9,11-12H2,1H3. The number of aryl methyl sites for hydroxylation is 1. The summed E-state index contributed by atoms with van der Waals surface area (Å²) in [6.45, 7) is 2.84. The molecule has 3 heteroatoms. The third-order valence-electron chi connectivity index (χ3n) is 3.69. The molecule has 1 amide bonds. The van der Waals surface area contributed by atoms with Gasteiger partial charge in [0.1, 0.15) is 0 Å². The summed E-state index contributed by atoms with van der Waals surface area (Å²) in [4.78, 5) is 15.9. The summed E-state index contributed by atoms with van der Waals surface area (Å²) in [5, 5.41) is 2.07. The van der Waals surface area contributed by atoms with Crippen molar-refractivity contribution in [3.8, 4) is 0 Å². The van der Waals surface area contributed by atoms with Gasteiger partial charge in [-0.3, -0.25) is 4.79 Å². The van der Waals surface area contributed by atoms with Gasteiger partial charge in [0, 0.05) is 10.9 Å². The molecule has 0 unspecified atom stereocenters. The minimum absolute atomic E-state index is 0.254. The average molecular weight is 285 g/mol. The average Bonchev–Trinajstić information content (AvgIpc) is 3.15. The molecule has 2 aromatic rings. The molecule has 0 N–H and O–H groups in total. The van der Waals surface area contributed by atoms with Crippen molar-refractivity contribution in [2.45, 2.75) is 38.8 Å². The van der Waals surface area contributed by atoms with Crippen LogP contribution in [-0.2, 0) is 17.8 Å². The van der Waals surface area contributed by atoms with E-state index in [4.69, 9.17) is 0 Å². The predicted octanol–water partition coefficient (Wildman–Crippen LogP) is 3.79. The molecule has 2 nitrogen and oxygen atoms in total. The van der Waals surface area contributed by atoms with Crippen molar-refractivity contribution in [1.29, 1.82) is 0 Å². The SMILES string of the molecule is Cc1ccc(CC(=O)N(Cc2cccs2)C2CC2)cc1. The molecule has 3 rings (SSSR count). The van der Waals surface area contributed by atoms with Crippen LogP contribution in [-0.4, -0.2) is 16.8 Å². The number of hydrogen-bond acceptors (Lipinski definition) is 2. The third-order valence-corrected chi connectivity index (χ3v) is 4.55. The Morgan fingerprint density at radius 2 is 2.00 bits per heavy atom. The summed E-state index contributed by atoms with van der Waals surface area (Å²) >= 11 is 1.73. The highest BCUT2D eigenvalue weighted by molar-refractivity contribution is 7.09. The number of thiophene rings is 1. The summed E-state index contributed by atoms with van der Waals surface area (Å²) in [6, 6.07) is 12.9. The fraction of sp³-hybridized carbons (Fsp3) is 0.353. The quantitative estimate of drug-likeness (QED) is 0.818. The Labute approximate surface area is 124 Å². The number of rotatable bonds is 5. The maximum atomic E-state index is 12.5. The number of nitrogens with zero attached hydrogens (tertiary/aromatic N) is 1. The lowest BCUT2D eigenvalue weighted by atomic mass is 10.1. The van der Waals surface area contributed by atoms with Crippen LogP contribution >= 0.6 is 11.3 Å². The molecule has 1 aromatic carbocycles. The monoisotopic (exact) mass is 285 g/mol. The van der Waals surface area contributed by atoms with Crippen molar-refractivity contribution in [3.63, 3.8) is 0 Å². The number of hydrogen-bond donors (Lipinski definition) is 0. The minimum Gasteiger partial charge on any atom is -0.334 e. The summed E-state index contributed by atoms with van der Waals surface area (Å²) in [5.74, 6) is 0.254. The van der Waals surface area contributed by atoms with Gasteiger partial charge in [-0.2, -0.15) is 0 Å². The molecule has 0 spiro atoms. The molecule has 1 saturated carbocycles. The zero-order valence-corrected chi connectivity index (χ0v) is 12.5. The lowest BCUT2D eigenvalue weighted by Crippen LogP contribution is -2.33. The smallest absolute Gasteiger partial charge is 0.227 e. The fourth-order valence-electron chi connectivity index (χ4n) is 2.36. The molecule has 1 aliphatic rings. The second-order valence-electron chi connectivity index (χ2n) is 5.49. The maximum Gasteiger partial charge on any atom is 0.227 e. The second-order valence-corrected chi connectivity index (χ2v) is 6.53. The molecular formula is C17H19NOS. The first-order chi connectivity index (χ1) is 9.72. The summed E-state index contributed by atoms with van der Waals surface area (Å²) in [7, 11) is 0. The lowest BCUT2D eigenvalue weighted by molar-refractivity contribution is -0.131. The van der Waals surface area contributed by atoms with Gasteiger partial charge in [0.25, 0.3) is 0 Å². The molecule has 20 heavy (non-hydrogen) atoms. The lowest BCUT2D eigenvalue weighted by Gasteiger charge is -2.22. The molecule has 1 aromatic heterocycles. The Hall–Kier alpha value is -1.61. The van der Waals surface area contributed by atoms with Crippen molar-refractivity contribution in [2.75, 3.05) is 0 Å². The van der Waals surface area contributed by atoms with Crippen LogP contribution in [0.1, 0.15) is 28.8 Å². The van der Waals surface area contributed by atoms with Crippen LogP contribution in [0.4, 0.5) is 0 Å². The van der Waals surface area contributed by atoms with Crippen LogP contribution in [0, 0.1) is 6.92 Å². The van der Waals surface area contributed by atoms with Crippen molar-refractivity contribution in [3.05, 3.63) is 57.8 Å². The van der Waals surface area contributed by atoms with Gasteiger partial charge in [-0.1, -0.05) is 35.9 Å². The van der Waals surface area contributed by atoms with Crippen LogP contribution in [0.15, 0.2) is 41.8 Å². The van der Waals surface area contributed by atoms with Crippen LogP contribution in [0.5, 0.6) is 0 Å². The van der Waals surface area contributed by atoms with Crippen molar-refractivity contribution >= 4 is 17.2 Å². The van der Waals surface area contributed by atoms with Gasteiger partial charge in [-0.25, -0.2) is 0 Å². The topological polar surface area (TPSA) is 20.3 Å². The van der Waals surface area contributed by atoms with E-state index in [2.05, 4.69) is 53.6 Å². The molecule has 1 heterocycles. The zero-order valence-electron chi connectivity index (χ0n) is 11.7. The summed E-state index contributed by atoms with van der Waals surface area (Å²) in [6.07, 6.45) is 2.83. The zero-order chi connectivity index (χ0) is 13.9. The number of benzene rings is 1. The molecule has 0 bridgehead atoms. The number of carbonyl (C=O) groups excluding carboxylic acids is 1. The largest absolute Gasteiger partial charge is 0.334 e. The Bertz CT molecular complexity index is 570. The van der Waals surface area contributed by atoms with Gasteiger partial charge in [0.05, 0.1) is 13.0 Å². The molecule has 104 valence electrons. The van der Waals surface area contributed by atoms with Gasteiger partial charge in [0.2, 0.25) is 5.91 Å². The third kappa shape index (κ3) is 3.28. The first-order valence-corrected chi connectivity index (χ1v) is 7.98. The normalized spacial score (nSPS) is 14.2. The van der Waals surface area contributed by atoms with Crippen LogP contribution in [0.3, 0.4) is 0 Å². The van der Waals surface area contributed by atoms with Gasteiger partial charge >= 0.3 is 0 Å². The summed E-state index contributed by atoms with van der Waals surface area (Å²) < 4.78 is 0. The number of carbonyl (C=O) groups is 1. The van der Waals surface area contributed by atoms with Gasteiger partial charge in [-0.05, 0) is 36.8 Å². The van der Waals surface area contributed by atoms with E-state index < -0.39 is 0 Å². The van der Waals surface area contributed by atoms with E-state index in [0.717, 1.165) is 24.9 Å². The first kappa shape index (κ1) is 13.4. The minimum atomic E-state index is 0.254. The molecule has 0 radical (unpaired) electrons. The first-order valence-electron chi connectivity index (χ1n) is 7.10. The Kier molecular flexibility index (Phi) is 3.88. The Morgan fingerprint density at radius 1 is 1.25 bits per heavy atom. The van der Waals surface area contributed by atoms with Gasteiger partial charge < -0.3 is 4.90 Å². The predicted molar refractivity (Wildman–Crippen MR) is 82.8 cm³/mol. The van der Waals surface area contributed by atoms with E-state index in [0.29, 0.717) is 12.5 Å². The molecule has 0 saturated heterocycles. The Balaban J connectivity index is 1.67. The van der Waals surface area contributed by atoms with E-state index >= 15 is 0 Å². The van der Waals surface area contributed by atoms with Gasteiger partial charge in [0.15, 0.2) is 0 Å². The highest BCUT2D eigenvalue weighted by Crippen LogP contribution is 2.29. The highest BCUT2D eigenvalue weighted by atomic mass is 32.1. The highest BCUT2D eigenvalue weighted by Gasteiger charge is 2.32. The van der Waals surface area contributed by atoms with E-state index in [-0.39, 0.29) is 5.91 Å². The Morgan fingerprint density at radius 3 is 2.60 bits per heavy atom. The van der Waals surface area contributed by atoms with E-state index in [1.807, 2.05) is 0 Å². The summed E-state index contributed by atoms with van der Waals surface area (Å²) in [5.41, 5.74) is 2.34. The van der Waals surface area contributed by atoms with Gasteiger partial charge in [-0.15, -0.1) is 11.3 Å². The fourth-order valence-corrected chi connectivity index (χ4v) is 3.06. The molecule has 0 atom stereocenters. The van der Waals surface area contributed by atoms with Crippen molar-refractivity contribution < 1.29 is 4.79 Å². The number of amides is 1. The van der Waals surface area contributed by atoms with Crippen LogP contribution < -0.4 is 0 Å². The molecule has 0 aliphatic heterocycles. The molecule has 1 fully saturated rings.